The molecule has 2 N–H and O–H groups in total. The maximum Gasteiger partial charge on any atom is 0.328 e. The highest BCUT2D eigenvalue weighted by atomic mass is 16.4. The molecule has 2 saturated carbocycles. The second-order valence-electron chi connectivity index (χ2n) is 8.90. The molecule has 2 aliphatic rings. The minimum atomic E-state index is -0.922. The monoisotopic (exact) mass is 336 g/mol. The van der Waals surface area contributed by atoms with Crippen molar-refractivity contribution in [3.8, 4) is 0 Å². The highest BCUT2D eigenvalue weighted by Crippen LogP contribution is 2.62. The lowest BCUT2D eigenvalue weighted by molar-refractivity contribution is -0.158. The Labute approximate surface area is 145 Å². The summed E-state index contributed by atoms with van der Waals surface area (Å²) in [6.07, 6.45) is 7.92. The third-order valence-corrected chi connectivity index (χ3v) is 6.91. The second-order valence-corrected chi connectivity index (χ2v) is 8.90. The molecule has 4 nitrogen and oxygen atoms in total. The van der Waals surface area contributed by atoms with Gasteiger partial charge in [0.1, 0.15) is 0 Å². The van der Waals surface area contributed by atoms with Gasteiger partial charge in [0.2, 0.25) is 0 Å². The van der Waals surface area contributed by atoms with Gasteiger partial charge in [0, 0.05) is 6.08 Å². The molecule has 0 spiro atoms. The van der Waals surface area contributed by atoms with E-state index in [-0.39, 0.29) is 22.7 Å². The number of carbonyl (C=O) groups is 2. The molecule has 2 rings (SSSR count). The van der Waals surface area contributed by atoms with E-state index >= 15 is 0 Å². The van der Waals surface area contributed by atoms with Crippen molar-refractivity contribution in [2.75, 3.05) is 0 Å². The van der Waals surface area contributed by atoms with Crippen LogP contribution in [0.5, 0.6) is 0 Å². The quantitative estimate of drug-likeness (QED) is 0.711. The lowest BCUT2D eigenvalue weighted by Crippen LogP contribution is -2.52. The van der Waals surface area contributed by atoms with Crippen molar-refractivity contribution in [3.05, 3.63) is 11.6 Å². The first-order valence-corrected chi connectivity index (χ1v) is 9.21. The Hall–Kier alpha value is -1.32. The SMILES string of the molecule is C/C(=C/C(=O)O)CC[C@@H]1[C@H](C(=O)O)CC[C@@H]2C(C)(C)CCC[C@@]12C. The van der Waals surface area contributed by atoms with E-state index in [2.05, 4.69) is 20.8 Å². The molecule has 0 aliphatic heterocycles. The van der Waals surface area contributed by atoms with Crippen molar-refractivity contribution in [2.45, 2.75) is 72.6 Å². The van der Waals surface area contributed by atoms with Gasteiger partial charge in [0.05, 0.1) is 5.92 Å². The van der Waals surface area contributed by atoms with Gasteiger partial charge >= 0.3 is 11.9 Å². The summed E-state index contributed by atoms with van der Waals surface area (Å²) >= 11 is 0. The van der Waals surface area contributed by atoms with Crippen molar-refractivity contribution in [1.82, 2.24) is 0 Å². The summed E-state index contributed by atoms with van der Waals surface area (Å²) in [6, 6.07) is 0. The summed E-state index contributed by atoms with van der Waals surface area (Å²) in [7, 11) is 0. The average molecular weight is 336 g/mol. The molecule has 0 unspecified atom stereocenters. The standard InChI is InChI=1S/C20H32O4/c1-13(12-17(21)22)6-8-15-14(18(23)24)7-9-16-19(2,3)10-5-11-20(15,16)4/h12,14-16H,5-11H2,1-4H3,(H,21,22)(H,23,24)/b13-12-/t14-,15-,16-,20+/m1/s1. The molecule has 136 valence electrons. The van der Waals surface area contributed by atoms with Crippen LogP contribution in [-0.4, -0.2) is 22.2 Å². The second kappa shape index (κ2) is 6.89. The zero-order valence-electron chi connectivity index (χ0n) is 15.5. The molecule has 2 fully saturated rings. The van der Waals surface area contributed by atoms with Crippen molar-refractivity contribution in [2.24, 2.45) is 28.6 Å². The Kier molecular flexibility index (Phi) is 5.46. The number of fused-ring (bicyclic) bond motifs is 1. The van der Waals surface area contributed by atoms with Crippen molar-refractivity contribution >= 4 is 11.9 Å². The van der Waals surface area contributed by atoms with E-state index in [0.29, 0.717) is 12.3 Å². The number of carboxylic acid groups (broad SMARTS) is 2. The van der Waals surface area contributed by atoms with Crippen LogP contribution in [0.15, 0.2) is 11.6 Å². The molecule has 4 atom stereocenters. The van der Waals surface area contributed by atoms with E-state index in [1.807, 2.05) is 6.92 Å². The zero-order valence-corrected chi connectivity index (χ0v) is 15.5. The Morgan fingerprint density at radius 1 is 1.12 bits per heavy atom. The summed E-state index contributed by atoms with van der Waals surface area (Å²) in [6.45, 7) is 8.80. The molecule has 0 aromatic carbocycles. The van der Waals surface area contributed by atoms with Crippen molar-refractivity contribution in [1.29, 1.82) is 0 Å². The van der Waals surface area contributed by atoms with E-state index in [9.17, 15) is 14.7 Å². The van der Waals surface area contributed by atoms with E-state index in [0.717, 1.165) is 37.7 Å². The third-order valence-electron chi connectivity index (χ3n) is 6.91. The number of aliphatic carboxylic acids is 2. The van der Waals surface area contributed by atoms with Gasteiger partial charge in [-0.05, 0) is 68.1 Å². The summed E-state index contributed by atoms with van der Waals surface area (Å²) in [5.74, 6) is -1.21. The van der Waals surface area contributed by atoms with Crippen LogP contribution in [0.3, 0.4) is 0 Å². The van der Waals surface area contributed by atoms with E-state index < -0.39 is 11.9 Å². The van der Waals surface area contributed by atoms with Crippen LogP contribution in [0.4, 0.5) is 0 Å². The highest BCUT2D eigenvalue weighted by molar-refractivity contribution is 5.80. The topological polar surface area (TPSA) is 74.6 Å². The highest BCUT2D eigenvalue weighted by Gasteiger charge is 2.55. The van der Waals surface area contributed by atoms with Crippen LogP contribution >= 0.6 is 0 Å². The maximum atomic E-state index is 11.9. The van der Waals surface area contributed by atoms with Gasteiger partial charge in [0.15, 0.2) is 0 Å². The Morgan fingerprint density at radius 3 is 2.38 bits per heavy atom. The number of carboxylic acids is 2. The molecule has 0 saturated heterocycles. The summed E-state index contributed by atoms with van der Waals surface area (Å²) < 4.78 is 0. The van der Waals surface area contributed by atoms with E-state index in [1.54, 1.807) is 0 Å². The van der Waals surface area contributed by atoms with Crippen molar-refractivity contribution in [3.63, 3.8) is 0 Å². The van der Waals surface area contributed by atoms with Gasteiger partial charge in [-0.1, -0.05) is 32.8 Å². The Bertz CT molecular complexity index is 534. The molecule has 4 heteroatoms. The molecule has 0 bridgehead atoms. The normalized spacial score (nSPS) is 36.0. The molecule has 24 heavy (non-hydrogen) atoms. The first-order chi connectivity index (χ1) is 11.1. The van der Waals surface area contributed by atoms with Gasteiger partial charge < -0.3 is 10.2 Å². The van der Waals surface area contributed by atoms with Gasteiger partial charge in [-0.3, -0.25) is 4.79 Å². The fourth-order valence-electron chi connectivity index (χ4n) is 5.83. The number of hydrogen-bond acceptors (Lipinski definition) is 2. The number of rotatable bonds is 5. The van der Waals surface area contributed by atoms with Crippen LogP contribution in [-0.2, 0) is 9.59 Å². The molecular weight excluding hydrogens is 304 g/mol. The molecule has 0 amide bonds. The van der Waals surface area contributed by atoms with Crippen LogP contribution in [0.25, 0.3) is 0 Å². The van der Waals surface area contributed by atoms with Gasteiger partial charge in [0.25, 0.3) is 0 Å². The van der Waals surface area contributed by atoms with Gasteiger partial charge in [-0.25, -0.2) is 4.79 Å². The fourth-order valence-corrected chi connectivity index (χ4v) is 5.83. The average Bonchev–Trinajstić information content (AvgIpc) is 2.43. The first-order valence-electron chi connectivity index (χ1n) is 9.21. The lowest BCUT2D eigenvalue weighted by Gasteiger charge is -2.59. The number of hydrogen-bond donors (Lipinski definition) is 2. The lowest BCUT2D eigenvalue weighted by atomic mass is 9.46. The molecule has 0 heterocycles. The summed E-state index contributed by atoms with van der Waals surface area (Å²) in [5, 5.41) is 18.6. The fraction of sp³-hybridized carbons (Fsp3) is 0.800. The van der Waals surface area contributed by atoms with Crippen LogP contribution in [0.1, 0.15) is 72.6 Å². The van der Waals surface area contributed by atoms with Crippen LogP contribution < -0.4 is 0 Å². The minimum Gasteiger partial charge on any atom is -0.481 e. The van der Waals surface area contributed by atoms with E-state index in [1.165, 1.54) is 12.5 Å². The number of allylic oxidation sites excluding steroid dienone is 1. The smallest absolute Gasteiger partial charge is 0.328 e. The molecule has 0 aromatic rings. The first kappa shape index (κ1) is 19.0. The van der Waals surface area contributed by atoms with Gasteiger partial charge in [-0.2, -0.15) is 0 Å². The molecule has 0 aromatic heterocycles. The minimum absolute atomic E-state index is 0.0482. The Balaban J connectivity index is 2.27. The molecule has 2 aliphatic carbocycles. The zero-order chi connectivity index (χ0) is 18.1. The van der Waals surface area contributed by atoms with Crippen LogP contribution in [0.2, 0.25) is 0 Å². The maximum absolute atomic E-state index is 11.9. The van der Waals surface area contributed by atoms with E-state index in [4.69, 9.17) is 5.11 Å². The van der Waals surface area contributed by atoms with Gasteiger partial charge in [-0.15, -0.1) is 0 Å². The predicted molar refractivity (Wildman–Crippen MR) is 93.7 cm³/mol. The molecular formula is C20H32O4. The third kappa shape index (κ3) is 3.68. The molecule has 0 radical (unpaired) electrons. The largest absolute Gasteiger partial charge is 0.481 e. The summed E-state index contributed by atoms with van der Waals surface area (Å²) in [5.41, 5.74) is 1.14. The predicted octanol–water partition coefficient (Wildman–Crippen LogP) is 4.74. The summed E-state index contributed by atoms with van der Waals surface area (Å²) in [4.78, 5) is 22.7. The van der Waals surface area contributed by atoms with Crippen LogP contribution in [0, 0.1) is 28.6 Å². The van der Waals surface area contributed by atoms with Crippen molar-refractivity contribution < 1.29 is 19.8 Å². The Morgan fingerprint density at radius 2 is 1.79 bits per heavy atom.